The summed E-state index contributed by atoms with van der Waals surface area (Å²) < 4.78 is 31.3. The topological polar surface area (TPSA) is 68.3 Å². The Morgan fingerprint density at radius 2 is 1.85 bits per heavy atom. The SMILES string of the molecule is C[C@H](OC(=O)c1cccc2cccnc12)C(=O)Nc1ccc(F)c(F)c1. The summed E-state index contributed by atoms with van der Waals surface area (Å²) in [6, 6.07) is 11.5. The number of nitrogens with one attached hydrogen (secondary N) is 1. The van der Waals surface area contributed by atoms with Crippen molar-refractivity contribution in [3.8, 4) is 0 Å². The standard InChI is InChI=1S/C19H14F2N2O3/c1-11(18(24)23-13-7-8-15(20)16(21)10-13)26-19(25)14-6-2-4-12-5-3-9-22-17(12)14/h2-11H,1H3,(H,23,24)/t11-/m0/s1. The summed E-state index contributed by atoms with van der Waals surface area (Å²) in [7, 11) is 0. The second-order valence-electron chi connectivity index (χ2n) is 5.55. The average molecular weight is 356 g/mol. The van der Waals surface area contributed by atoms with Gasteiger partial charge in [-0.05, 0) is 31.2 Å². The zero-order valence-electron chi connectivity index (χ0n) is 13.7. The normalized spacial score (nSPS) is 11.8. The molecule has 0 aliphatic heterocycles. The lowest BCUT2D eigenvalue weighted by Gasteiger charge is -2.14. The van der Waals surface area contributed by atoms with E-state index < -0.39 is 29.6 Å². The van der Waals surface area contributed by atoms with E-state index in [0.717, 1.165) is 17.5 Å². The van der Waals surface area contributed by atoms with E-state index in [-0.39, 0.29) is 11.3 Å². The van der Waals surface area contributed by atoms with Gasteiger partial charge in [-0.15, -0.1) is 0 Å². The number of amides is 1. The van der Waals surface area contributed by atoms with Crippen molar-refractivity contribution in [2.45, 2.75) is 13.0 Å². The Morgan fingerprint density at radius 1 is 1.08 bits per heavy atom. The van der Waals surface area contributed by atoms with Crippen LogP contribution >= 0.6 is 0 Å². The van der Waals surface area contributed by atoms with E-state index in [1.807, 2.05) is 0 Å². The van der Waals surface area contributed by atoms with Gasteiger partial charge in [-0.2, -0.15) is 0 Å². The predicted molar refractivity (Wildman–Crippen MR) is 91.6 cm³/mol. The Morgan fingerprint density at radius 3 is 2.62 bits per heavy atom. The van der Waals surface area contributed by atoms with Gasteiger partial charge in [-0.25, -0.2) is 13.6 Å². The second kappa shape index (κ2) is 7.26. The molecule has 1 atom stereocenters. The Hall–Kier alpha value is -3.35. The van der Waals surface area contributed by atoms with Crippen LogP contribution in [0.25, 0.3) is 10.9 Å². The van der Waals surface area contributed by atoms with Crippen LogP contribution in [-0.4, -0.2) is 23.0 Å². The molecular formula is C19H14F2N2O3. The molecule has 0 aliphatic carbocycles. The molecule has 0 saturated carbocycles. The first-order valence-electron chi connectivity index (χ1n) is 7.76. The van der Waals surface area contributed by atoms with Crippen molar-refractivity contribution in [2.75, 3.05) is 5.32 Å². The minimum Gasteiger partial charge on any atom is -0.449 e. The van der Waals surface area contributed by atoms with Gasteiger partial charge >= 0.3 is 5.97 Å². The molecule has 7 heteroatoms. The molecule has 3 rings (SSSR count). The second-order valence-corrected chi connectivity index (χ2v) is 5.55. The van der Waals surface area contributed by atoms with Crippen molar-refractivity contribution in [3.05, 3.63) is 71.9 Å². The molecule has 5 nitrogen and oxygen atoms in total. The molecule has 1 N–H and O–H groups in total. The molecule has 3 aromatic rings. The van der Waals surface area contributed by atoms with E-state index in [4.69, 9.17) is 4.74 Å². The molecule has 2 aromatic carbocycles. The molecule has 0 aliphatic rings. The average Bonchev–Trinajstić information content (AvgIpc) is 2.64. The minimum absolute atomic E-state index is 0.0589. The van der Waals surface area contributed by atoms with Gasteiger partial charge < -0.3 is 10.1 Å². The van der Waals surface area contributed by atoms with Crippen LogP contribution in [0.3, 0.4) is 0 Å². The number of rotatable bonds is 4. The van der Waals surface area contributed by atoms with E-state index in [1.54, 1.807) is 36.5 Å². The van der Waals surface area contributed by atoms with Gasteiger partial charge in [-0.1, -0.05) is 18.2 Å². The zero-order chi connectivity index (χ0) is 18.7. The molecule has 0 saturated heterocycles. The van der Waals surface area contributed by atoms with Gasteiger partial charge in [0.2, 0.25) is 0 Å². The molecule has 0 fully saturated rings. The van der Waals surface area contributed by atoms with Crippen LogP contribution in [0.4, 0.5) is 14.5 Å². The lowest BCUT2D eigenvalue weighted by atomic mass is 10.1. The van der Waals surface area contributed by atoms with Crippen molar-refractivity contribution < 1.29 is 23.1 Å². The quantitative estimate of drug-likeness (QED) is 0.724. The fourth-order valence-corrected chi connectivity index (χ4v) is 2.36. The fourth-order valence-electron chi connectivity index (χ4n) is 2.36. The highest BCUT2D eigenvalue weighted by Gasteiger charge is 2.21. The number of ether oxygens (including phenoxy) is 1. The minimum atomic E-state index is -1.14. The predicted octanol–water partition coefficient (Wildman–Crippen LogP) is 3.70. The number of hydrogen-bond donors (Lipinski definition) is 1. The van der Waals surface area contributed by atoms with Gasteiger partial charge in [0, 0.05) is 23.3 Å². The highest BCUT2D eigenvalue weighted by Crippen LogP contribution is 2.18. The third-order valence-corrected chi connectivity index (χ3v) is 3.69. The first kappa shape index (κ1) is 17.5. The van der Waals surface area contributed by atoms with Crippen LogP contribution in [0, 0.1) is 11.6 Å². The van der Waals surface area contributed by atoms with E-state index >= 15 is 0 Å². The first-order chi connectivity index (χ1) is 12.5. The Kier molecular flexibility index (Phi) is 4.88. The summed E-state index contributed by atoms with van der Waals surface area (Å²) in [6.45, 7) is 1.38. The third-order valence-electron chi connectivity index (χ3n) is 3.69. The van der Waals surface area contributed by atoms with Crippen molar-refractivity contribution in [2.24, 2.45) is 0 Å². The molecule has 0 spiro atoms. The van der Waals surface area contributed by atoms with E-state index in [0.29, 0.717) is 5.52 Å². The van der Waals surface area contributed by atoms with E-state index in [9.17, 15) is 18.4 Å². The van der Waals surface area contributed by atoms with Crippen LogP contribution in [0.15, 0.2) is 54.7 Å². The number of anilines is 1. The first-order valence-corrected chi connectivity index (χ1v) is 7.76. The number of nitrogens with zero attached hydrogens (tertiary/aromatic N) is 1. The lowest BCUT2D eigenvalue weighted by molar-refractivity contribution is -0.123. The van der Waals surface area contributed by atoms with E-state index in [1.165, 1.54) is 13.0 Å². The largest absolute Gasteiger partial charge is 0.449 e. The number of benzene rings is 2. The van der Waals surface area contributed by atoms with Crippen LogP contribution in [0.2, 0.25) is 0 Å². The monoisotopic (exact) mass is 356 g/mol. The van der Waals surface area contributed by atoms with Gasteiger partial charge in [0.25, 0.3) is 5.91 Å². The Balaban J connectivity index is 1.72. The molecule has 1 aromatic heterocycles. The Labute approximate surface area is 147 Å². The summed E-state index contributed by atoms with van der Waals surface area (Å²) in [5.74, 6) is -3.49. The van der Waals surface area contributed by atoms with Crippen LogP contribution < -0.4 is 5.32 Å². The fraction of sp³-hybridized carbons (Fsp3) is 0.105. The molecule has 1 amide bonds. The van der Waals surface area contributed by atoms with Crippen LogP contribution in [-0.2, 0) is 9.53 Å². The highest BCUT2D eigenvalue weighted by atomic mass is 19.2. The molecule has 0 unspecified atom stereocenters. The van der Waals surface area contributed by atoms with Gasteiger partial charge in [0.15, 0.2) is 17.7 Å². The number of carbonyl (C=O) groups is 2. The number of fused-ring (bicyclic) bond motifs is 1. The summed E-state index contributed by atoms with van der Waals surface area (Å²) in [5, 5.41) is 3.13. The van der Waals surface area contributed by atoms with Crippen molar-refractivity contribution >= 4 is 28.5 Å². The van der Waals surface area contributed by atoms with Crippen LogP contribution in [0.1, 0.15) is 17.3 Å². The van der Waals surface area contributed by atoms with Crippen molar-refractivity contribution in [3.63, 3.8) is 0 Å². The number of halogens is 2. The molecule has 132 valence electrons. The van der Waals surface area contributed by atoms with Gasteiger partial charge in [0.05, 0.1) is 11.1 Å². The van der Waals surface area contributed by atoms with Crippen molar-refractivity contribution in [1.82, 2.24) is 4.98 Å². The number of esters is 1. The van der Waals surface area contributed by atoms with Gasteiger partial charge in [-0.3, -0.25) is 9.78 Å². The maximum atomic E-state index is 13.2. The summed E-state index contributed by atoms with van der Waals surface area (Å²) in [4.78, 5) is 28.7. The third kappa shape index (κ3) is 3.66. The highest BCUT2D eigenvalue weighted by molar-refractivity contribution is 6.04. The lowest BCUT2D eigenvalue weighted by Crippen LogP contribution is -2.30. The summed E-state index contributed by atoms with van der Waals surface area (Å²) in [5.41, 5.74) is 0.757. The maximum Gasteiger partial charge on any atom is 0.341 e. The molecular weight excluding hydrogens is 342 g/mol. The number of carbonyl (C=O) groups excluding carboxylic acids is 2. The molecule has 26 heavy (non-hydrogen) atoms. The smallest absolute Gasteiger partial charge is 0.341 e. The Bertz CT molecular complexity index is 986. The number of para-hydroxylation sites is 1. The molecule has 0 radical (unpaired) electrons. The maximum absolute atomic E-state index is 13.2. The number of hydrogen-bond acceptors (Lipinski definition) is 4. The van der Waals surface area contributed by atoms with Gasteiger partial charge in [0.1, 0.15) is 0 Å². The number of pyridine rings is 1. The molecule has 0 bridgehead atoms. The summed E-state index contributed by atoms with van der Waals surface area (Å²) >= 11 is 0. The van der Waals surface area contributed by atoms with Crippen molar-refractivity contribution in [1.29, 1.82) is 0 Å². The van der Waals surface area contributed by atoms with E-state index in [2.05, 4.69) is 10.3 Å². The number of aromatic nitrogens is 1. The van der Waals surface area contributed by atoms with Crippen LogP contribution in [0.5, 0.6) is 0 Å². The summed E-state index contributed by atoms with van der Waals surface area (Å²) in [6.07, 6.45) is 0.410. The molecule has 1 heterocycles. The zero-order valence-corrected chi connectivity index (χ0v) is 13.7.